The number of nitrogens with two attached hydrogens (primary N) is 1. The van der Waals surface area contributed by atoms with Crippen molar-refractivity contribution in [2.75, 3.05) is 25.1 Å². The summed E-state index contributed by atoms with van der Waals surface area (Å²) in [5.74, 6) is 0.801. The lowest BCUT2D eigenvalue weighted by Gasteiger charge is -2.26. The molecule has 0 saturated carbocycles. The lowest BCUT2D eigenvalue weighted by molar-refractivity contribution is 0.206. The number of ether oxygens (including phenoxy) is 1. The van der Waals surface area contributed by atoms with Gasteiger partial charge >= 0.3 is 6.03 Å². The van der Waals surface area contributed by atoms with Crippen molar-refractivity contribution in [3.63, 3.8) is 0 Å². The van der Waals surface area contributed by atoms with Crippen LogP contribution in [0.3, 0.4) is 0 Å². The average molecular weight is 553 g/mol. The number of hydrogen-bond donors (Lipinski definition) is 1. The van der Waals surface area contributed by atoms with Gasteiger partial charge in [-0.15, -0.1) is 12.4 Å². The Kier molecular flexibility index (Phi) is 9.73. The molecule has 6 nitrogen and oxygen atoms in total. The molecule has 204 valence electrons. The fourth-order valence-corrected chi connectivity index (χ4v) is 4.56. The number of carbonyl (C=O) groups is 1. The minimum absolute atomic E-state index is 0. The topological polar surface area (TPSA) is 71.2 Å². The fraction of sp³-hybridized carbons (Fsp3) is 0.152. The summed E-state index contributed by atoms with van der Waals surface area (Å²) >= 11 is 0. The number of fused-ring (bicyclic) bond motifs is 1. The highest BCUT2D eigenvalue weighted by atomic mass is 35.5. The smallest absolute Gasteiger partial charge is 0.345 e. The Bertz CT molecular complexity index is 1470. The molecule has 0 radical (unpaired) electrons. The van der Waals surface area contributed by atoms with Crippen LogP contribution in [0.1, 0.15) is 23.1 Å². The van der Waals surface area contributed by atoms with Crippen molar-refractivity contribution in [1.29, 1.82) is 0 Å². The molecule has 0 spiro atoms. The van der Waals surface area contributed by atoms with Crippen molar-refractivity contribution in [2.24, 2.45) is 10.8 Å². The molecule has 0 atom stereocenters. The van der Waals surface area contributed by atoms with E-state index in [1.807, 2.05) is 78.9 Å². The van der Waals surface area contributed by atoms with Crippen LogP contribution >= 0.6 is 12.4 Å². The Balaban J connectivity index is 0.00000370. The minimum Gasteiger partial charge on any atom is -0.497 e. The van der Waals surface area contributed by atoms with Crippen molar-refractivity contribution >= 4 is 35.9 Å². The molecule has 0 fully saturated rings. The van der Waals surface area contributed by atoms with Gasteiger partial charge in [-0.3, -0.25) is 4.90 Å². The Morgan fingerprint density at radius 2 is 1.50 bits per heavy atom. The standard InChI is InChI=1S/C33H32N4O2.ClH/c1-39-29-19-14-25(15-20-29)16-21-31-30-10-5-6-11-32(30)36(33(38)37(35-31)23-7-22-34)24-26-12-17-28(18-13-26)27-8-3-2-4-9-27;/h2-6,8-21H,7,22-24,34H2,1H3;1H/b21-16+;. The van der Waals surface area contributed by atoms with Crippen molar-refractivity contribution < 1.29 is 9.53 Å². The molecule has 1 aliphatic heterocycles. The van der Waals surface area contributed by atoms with Crippen LogP contribution in [-0.2, 0) is 6.54 Å². The molecular weight excluding hydrogens is 520 g/mol. The largest absolute Gasteiger partial charge is 0.497 e. The Hall–Kier alpha value is -4.39. The van der Waals surface area contributed by atoms with Crippen LogP contribution in [0.25, 0.3) is 17.2 Å². The number of anilines is 1. The maximum atomic E-state index is 13.9. The predicted octanol–water partition coefficient (Wildman–Crippen LogP) is 6.99. The van der Waals surface area contributed by atoms with Gasteiger partial charge < -0.3 is 10.5 Å². The molecule has 2 N–H and O–H groups in total. The summed E-state index contributed by atoms with van der Waals surface area (Å²) in [6.07, 6.45) is 4.61. The molecule has 2 amide bonds. The van der Waals surface area contributed by atoms with Crippen molar-refractivity contribution in [2.45, 2.75) is 13.0 Å². The molecule has 1 aliphatic rings. The number of rotatable bonds is 9. The van der Waals surface area contributed by atoms with Crippen molar-refractivity contribution in [3.05, 3.63) is 126 Å². The summed E-state index contributed by atoms with van der Waals surface area (Å²) in [6, 6.07) is 34.2. The Morgan fingerprint density at radius 1 is 0.825 bits per heavy atom. The predicted molar refractivity (Wildman–Crippen MR) is 166 cm³/mol. The maximum absolute atomic E-state index is 13.9. The highest BCUT2D eigenvalue weighted by Gasteiger charge is 2.29. The summed E-state index contributed by atoms with van der Waals surface area (Å²) in [4.78, 5) is 15.7. The molecule has 1 heterocycles. The Morgan fingerprint density at radius 3 is 2.20 bits per heavy atom. The van der Waals surface area contributed by atoms with E-state index in [2.05, 4.69) is 36.4 Å². The number of carbonyl (C=O) groups excluding carboxylic acids is 1. The molecule has 0 bridgehead atoms. The van der Waals surface area contributed by atoms with E-state index in [1.165, 1.54) is 0 Å². The molecule has 0 saturated heterocycles. The summed E-state index contributed by atoms with van der Waals surface area (Å²) in [7, 11) is 1.65. The molecule has 4 aromatic rings. The van der Waals surface area contributed by atoms with Gasteiger partial charge in [0.15, 0.2) is 0 Å². The number of para-hydroxylation sites is 1. The van der Waals surface area contributed by atoms with E-state index in [4.69, 9.17) is 15.6 Å². The zero-order valence-corrected chi connectivity index (χ0v) is 23.3. The third kappa shape index (κ3) is 6.60. The monoisotopic (exact) mass is 552 g/mol. The van der Waals surface area contributed by atoms with Crippen molar-refractivity contribution in [3.8, 4) is 16.9 Å². The van der Waals surface area contributed by atoms with Crippen LogP contribution in [0.2, 0.25) is 0 Å². The first-order valence-electron chi connectivity index (χ1n) is 13.1. The van der Waals surface area contributed by atoms with E-state index in [9.17, 15) is 4.79 Å². The number of hydrazone groups is 1. The van der Waals surface area contributed by atoms with Gasteiger partial charge in [-0.1, -0.05) is 91.0 Å². The number of allylic oxidation sites excluding steroid dienone is 1. The molecule has 40 heavy (non-hydrogen) atoms. The normalized spacial score (nSPS) is 12.9. The average Bonchev–Trinajstić information content (AvgIpc) is 3.10. The van der Waals surface area contributed by atoms with E-state index in [0.29, 0.717) is 31.8 Å². The summed E-state index contributed by atoms with van der Waals surface area (Å²) < 4.78 is 5.27. The van der Waals surface area contributed by atoms with E-state index in [-0.39, 0.29) is 18.4 Å². The van der Waals surface area contributed by atoms with E-state index < -0.39 is 0 Å². The summed E-state index contributed by atoms with van der Waals surface area (Å²) in [5, 5.41) is 6.36. The van der Waals surface area contributed by atoms with E-state index in [0.717, 1.165) is 39.3 Å². The van der Waals surface area contributed by atoms with Gasteiger partial charge in [0.05, 0.1) is 25.1 Å². The highest BCUT2D eigenvalue weighted by Crippen LogP contribution is 2.29. The second kappa shape index (κ2) is 13.6. The van der Waals surface area contributed by atoms with E-state index in [1.54, 1.807) is 17.0 Å². The van der Waals surface area contributed by atoms with Gasteiger partial charge in [0.1, 0.15) is 5.75 Å². The molecule has 7 heteroatoms. The summed E-state index contributed by atoms with van der Waals surface area (Å²) in [5.41, 5.74) is 12.6. The first-order chi connectivity index (χ1) is 19.2. The lowest BCUT2D eigenvalue weighted by atomic mass is 10.0. The molecular formula is C33H33ClN4O2. The first kappa shape index (κ1) is 28.6. The fourth-order valence-electron chi connectivity index (χ4n) is 4.56. The number of urea groups is 1. The second-order valence-electron chi connectivity index (χ2n) is 9.31. The Labute approximate surface area is 241 Å². The van der Waals surface area contributed by atoms with Gasteiger partial charge in [-0.05, 0) is 59.5 Å². The van der Waals surface area contributed by atoms with Gasteiger partial charge in [0.25, 0.3) is 0 Å². The molecule has 4 aromatic carbocycles. The second-order valence-corrected chi connectivity index (χ2v) is 9.31. The third-order valence-corrected chi connectivity index (χ3v) is 6.68. The number of nitrogens with zero attached hydrogens (tertiary/aromatic N) is 3. The van der Waals surface area contributed by atoms with Gasteiger partial charge in [-0.2, -0.15) is 5.10 Å². The van der Waals surface area contributed by atoms with Crippen LogP contribution in [0.15, 0.2) is 114 Å². The number of halogens is 1. The van der Waals surface area contributed by atoms with Crippen LogP contribution in [0, 0.1) is 0 Å². The first-order valence-corrected chi connectivity index (χ1v) is 13.1. The lowest BCUT2D eigenvalue weighted by Crippen LogP contribution is -2.40. The zero-order valence-electron chi connectivity index (χ0n) is 22.4. The number of benzene rings is 4. The van der Waals surface area contributed by atoms with Gasteiger partial charge in [0, 0.05) is 12.1 Å². The molecule has 0 aromatic heterocycles. The SMILES string of the molecule is COc1ccc(/C=C/C2=NN(CCCN)C(=O)N(Cc3ccc(-c4ccccc4)cc3)c3ccccc32)cc1.Cl. The van der Waals surface area contributed by atoms with Gasteiger partial charge in [-0.25, -0.2) is 9.80 Å². The number of hydrogen-bond acceptors (Lipinski definition) is 4. The quantitative estimate of drug-likeness (QED) is 0.243. The van der Waals surface area contributed by atoms with Crippen LogP contribution < -0.4 is 15.4 Å². The van der Waals surface area contributed by atoms with E-state index >= 15 is 0 Å². The number of methoxy groups -OCH3 is 1. The molecule has 0 aliphatic carbocycles. The summed E-state index contributed by atoms with van der Waals surface area (Å²) in [6.45, 7) is 1.34. The number of amides is 2. The molecule has 5 rings (SSSR count). The van der Waals surface area contributed by atoms with Crippen LogP contribution in [0.4, 0.5) is 10.5 Å². The van der Waals surface area contributed by atoms with Crippen LogP contribution in [0.5, 0.6) is 5.75 Å². The zero-order chi connectivity index (χ0) is 27.0. The minimum atomic E-state index is -0.170. The third-order valence-electron chi connectivity index (χ3n) is 6.68. The highest BCUT2D eigenvalue weighted by molar-refractivity contribution is 6.17. The van der Waals surface area contributed by atoms with Gasteiger partial charge in [0.2, 0.25) is 0 Å². The van der Waals surface area contributed by atoms with Crippen LogP contribution in [-0.4, -0.2) is 37.0 Å². The molecule has 0 unspecified atom stereocenters. The van der Waals surface area contributed by atoms with Crippen molar-refractivity contribution in [1.82, 2.24) is 5.01 Å². The maximum Gasteiger partial charge on any atom is 0.345 e.